The molecule has 1 fully saturated rings. The molecule has 23 heavy (non-hydrogen) atoms. The smallest absolute Gasteiger partial charge is 0.214 e. The van der Waals surface area contributed by atoms with Gasteiger partial charge in [-0.15, -0.1) is 11.3 Å². The molecule has 1 N–H and O–H groups in total. The molecule has 1 saturated heterocycles. The molecule has 7 heteroatoms. The Bertz CT molecular complexity index is 785. The highest BCUT2D eigenvalue weighted by atomic mass is 32.2. The zero-order valence-electron chi connectivity index (χ0n) is 13.3. The van der Waals surface area contributed by atoms with Gasteiger partial charge in [0.1, 0.15) is 0 Å². The third-order valence-corrected chi connectivity index (χ3v) is 7.39. The van der Waals surface area contributed by atoms with Crippen molar-refractivity contribution in [2.24, 2.45) is 5.92 Å². The molecule has 1 aliphatic rings. The van der Waals surface area contributed by atoms with E-state index in [1.807, 2.05) is 12.1 Å². The molecule has 0 bridgehead atoms. The molecule has 2 heterocycles. The standard InChI is InChI=1S/C16H22N2O3S2/c1-17(2)23(20,21)11-13-8-18(9-15(13)19)7-12-10-22-16-6-4-3-5-14(12)16/h3-6,10,13,15,19H,7-9,11H2,1-2H3/t13-,15+/m0/s1. The summed E-state index contributed by atoms with van der Waals surface area (Å²) in [7, 11) is -0.219. The zero-order chi connectivity index (χ0) is 16.6. The van der Waals surface area contributed by atoms with E-state index in [4.69, 9.17) is 0 Å². The summed E-state index contributed by atoms with van der Waals surface area (Å²) in [6, 6.07) is 8.28. The van der Waals surface area contributed by atoms with Crippen LogP contribution in [0.2, 0.25) is 0 Å². The molecule has 0 amide bonds. The summed E-state index contributed by atoms with van der Waals surface area (Å²) in [4.78, 5) is 2.15. The maximum absolute atomic E-state index is 12.0. The van der Waals surface area contributed by atoms with Crippen LogP contribution in [0.3, 0.4) is 0 Å². The molecule has 1 aromatic carbocycles. The number of hydrogen-bond donors (Lipinski definition) is 1. The average molecular weight is 354 g/mol. The van der Waals surface area contributed by atoms with Crippen LogP contribution in [0, 0.1) is 5.92 Å². The summed E-state index contributed by atoms with van der Waals surface area (Å²) in [5.41, 5.74) is 1.24. The summed E-state index contributed by atoms with van der Waals surface area (Å²) >= 11 is 1.72. The van der Waals surface area contributed by atoms with Crippen molar-refractivity contribution in [2.75, 3.05) is 32.9 Å². The Labute approximate surface area is 141 Å². The number of aliphatic hydroxyl groups is 1. The van der Waals surface area contributed by atoms with Crippen LogP contribution >= 0.6 is 11.3 Å². The van der Waals surface area contributed by atoms with Crippen molar-refractivity contribution in [2.45, 2.75) is 12.6 Å². The minimum absolute atomic E-state index is 0.00203. The van der Waals surface area contributed by atoms with Gasteiger partial charge in [-0.1, -0.05) is 18.2 Å². The number of β-amino-alcohol motifs (C(OH)–C–C–N with tert-alkyl or cyclic N) is 1. The summed E-state index contributed by atoms with van der Waals surface area (Å²) < 4.78 is 26.5. The first-order valence-corrected chi connectivity index (χ1v) is 10.1. The topological polar surface area (TPSA) is 60.9 Å². The molecule has 3 rings (SSSR count). The Balaban J connectivity index is 1.69. The summed E-state index contributed by atoms with van der Waals surface area (Å²) in [6.45, 7) is 1.88. The molecule has 0 saturated carbocycles. The zero-order valence-corrected chi connectivity index (χ0v) is 15.0. The van der Waals surface area contributed by atoms with Crippen molar-refractivity contribution < 1.29 is 13.5 Å². The molecule has 1 aliphatic heterocycles. The van der Waals surface area contributed by atoms with E-state index in [0.29, 0.717) is 13.1 Å². The number of fused-ring (bicyclic) bond motifs is 1. The van der Waals surface area contributed by atoms with E-state index in [9.17, 15) is 13.5 Å². The second kappa shape index (κ2) is 6.49. The molecule has 0 aliphatic carbocycles. The van der Waals surface area contributed by atoms with Gasteiger partial charge in [0.15, 0.2) is 0 Å². The Kier molecular flexibility index (Phi) is 4.75. The van der Waals surface area contributed by atoms with E-state index in [0.717, 1.165) is 6.54 Å². The normalized spacial score (nSPS) is 23.1. The first kappa shape index (κ1) is 16.9. The highest BCUT2D eigenvalue weighted by Gasteiger charge is 2.35. The van der Waals surface area contributed by atoms with Crippen LogP contribution in [0.5, 0.6) is 0 Å². The van der Waals surface area contributed by atoms with E-state index in [1.165, 1.54) is 34.1 Å². The van der Waals surface area contributed by atoms with Crippen molar-refractivity contribution in [1.82, 2.24) is 9.21 Å². The molecule has 1 aromatic heterocycles. The fraction of sp³-hybridized carbons (Fsp3) is 0.500. The number of hydrogen-bond acceptors (Lipinski definition) is 5. The molecule has 126 valence electrons. The lowest BCUT2D eigenvalue weighted by Gasteiger charge is -2.18. The number of rotatable bonds is 5. The van der Waals surface area contributed by atoms with Gasteiger partial charge < -0.3 is 5.11 Å². The van der Waals surface area contributed by atoms with Crippen molar-refractivity contribution in [3.63, 3.8) is 0 Å². The monoisotopic (exact) mass is 354 g/mol. The maximum Gasteiger partial charge on any atom is 0.214 e. The Hall–Kier alpha value is -0.990. The van der Waals surface area contributed by atoms with Gasteiger partial charge in [0.05, 0.1) is 11.9 Å². The fourth-order valence-electron chi connectivity index (χ4n) is 3.05. The van der Waals surface area contributed by atoms with Crippen LogP contribution < -0.4 is 0 Å². The summed E-state index contributed by atoms with van der Waals surface area (Å²) in [5.74, 6) is -0.227. The van der Waals surface area contributed by atoms with Crippen LogP contribution in [0.25, 0.3) is 10.1 Å². The van der Waals surface area contributed by atoms with E-state index >= 15 is 0 Å². The van der Waals surface area contributed by atoms with Gasteiger partial charge in [-0.2, -0.15) is 0 Å². The average Bonchev–Trinajstić information content (AvgIpc) is 3.04. The SMILES string of the molecule is CN(C)S(=O)(=O)C[C@@H]1CN(Cc2csc3ccccc23)C[C@H]1O. The lowest BCUT2D eigenvalue weighted by molar-refractivity contribution is 0.148. The molecule has 2 aromatic rings. The van der Waals surface area contributed by atoms with Gasteiger partial charge in [-0.3, -0.25) is 4.90 Å². The predicted molar refractivity (Wildman–Crippen MR) is 94.1 cm³/mol. The summed E-state index contributed by atoms with van der Waals surface area (Å²) in [5, 5.41) is 13.6. The quantitative estimate of drug-likeness (QED) is 0.886. The minimum Gasteiger partial charge on any atom is -0.391 e. The first-order valence-electron chi connectivity index (χ1n) is 7.62. The number of aliphatic hydroxyl groups excluding tert-OH is 1. The van der Waals surface area contributed by atoms with Crippen molar-refractivity contribution in [3.8, 4) is 0 Å². The summed E-state index contributed by atoms with van der Waals surface area (Å²) in [6.07, 6.45) is -0.588. The van der Waals surface area contributed by atoms with Crippen molar-refractivity contribution in [3.05, 3.63) is 35.2 Å². The third-order valence-electron chi connectivity index (χ3n) is 4.42. The van der Waals surface area contributed by atoms with Gasteiger partial charge >= 0.3 is 0 Å². The van der Waals surface area contributed by atoms with Crippen LogP contribution in [-0.4, -0.2) is 61.8 Å². The van der Waals surface area contributed by atoms with Crippen LogP contribution in [0.15, 0.2) is 29.6 Å². The van der Waals surface area contributed by atoms with Gasteiger partial charge in [0.2, 0.25) is 10.0 Å². The van der Waals surface area contributed by atoms with E-state index < -0.39 is 16.1 Å². The molecule has 0 radical (unpaired) electrons. The Morgan fingerprint density at radius 3 is 2.78 bits per heavy atom. The first-order chi connectivity index (χ1) is 10.9. The predicted octanol–water partition coefficient (Wildman–Crippen LogP) is 1.59. The van der Waals surface area contributed by atoms with Gasteiger partial charge in [-0.25, -0.2) is 12.7 Å². The highest BCUT2D eigenvalue weighted by Crippen LogP contribution is 2.29. The van der Waals surface area contributed by atoms with Crippen LogP contribution in [-0.2, 0) is 16.6 Å². The van der Waals surface area contributed by atoms with Crippen LogP contribution in [0.1, 0.15) is 5.56 Å². The highest BCUT2D eigenvalue weighted by molar-refractivity contribution is 7.89. The number of likely N-dealkylation sites (tertiary alicyclic amines) is 1. The molecular formula is C16H22N2O3S2. The minimum atomic E-state index is -3.29. The Morgan fingerprint density at radius 2 is 2.04 bits per heavy atom. The second-order valence-corrected chi connectivity index (χ2v) is 9.48. The number of sulfonamides is 1. The van der Waals surface area contributed by atoms with Gasteiger partial charge in [0.25, 0.3) is 0 Å². The van der Waals surface area contributed by atoms with E-state index in [-0.39, 0.29) is 11.7 Å². The lowest BCUT2D eigenvalue weighted by Crippen LogP contribution is -2.33. The maximum atomic E-state index is 12.0. The second-order valence-electron chi connectivity index (χ2n) is 6.34. The lowest BCUT2D eigenvalue weighted by atomic mass is 10.1. The molecule has 2 atom stereocenters. The number of thiophene rings is 1. The Morgan fingerprint density at radius 1 is 1.30 bits per heavy atom. The number of nitrogens with zero attached hydrogens (tertiary/aromatic N) is 2. The number of benzene rings is 1. The van der Waals surface area contributed by atoms with Crippen LogP contribution in [0.4, 0.5) is 0 Å². The fourth-order valence-corrected chi connectivity index (χ4v) is 5.17. The molecule has 0 unspecified atom stereocenters. The largest absolute Gasteiger partial charge is 0.391 e. The molecule has 5 nitrogen and oxygen atoms in total. The van der Waals surface area contributed by atoms with Gasteiger partial charge in [-0.05, 0) is 22.4 Å². The van der Waals surface area contributed by atoms with E-state index in [1.54, 1.807) is 11.3 Å². The molecular weight excluding hydrogens is 332 g/mol. The van der Waals surface area contributed by atoms with Gasteiger partial charge in [0, 0.05) is 44.3 Å². The molecule has 0 spiro atoms. The van der Waals surface area contributed by atoms with E-state index in [2.05, 4.69) is 22.4 Å². The third kappa shape index (κ3) is 3.59. The van der Waals surface area contributed by atoms with Crippen molar-refractivity contribution >= 4 is 31.4 Å². The van der Waals surface area contributed by atoms with Crippen molar-refractivity contribution in [1.29, 1.82) is 0 Å².